The van der Waals surface area contributed by atoms with Gasteiger partial charge in [-0.15, -0.1) is 0 Å². The van der Waals surface area contributed by atoms with Crippen molar-refractivity contribution in [3.05, 3.63) is 24.3 Å². The Balaban J connectivity index is 3.09. The van der Waals surface area contributed by atoms with E-state index in [1.54, 1.807) is 6.92 Å². The lowest BCUT2D eigenvalue weighted by Gasteiger charge is -2.33. The van der Waals surface area contributed by atoms with Crippen molar-refractivity contribution in [2.75, 3.05) is 6.54 Å². The molecule has 0 saturated heterocycles. The predicted molar refractivity (Wildman–Crippen MR) is 66.8 cm³/mol. The molecule has 1 heterocycles. The molecule has 0 spiro atoms. The Bertz CT molecular complexity index is 519. The van der Waals surface area contributed by atoms with Crippen LogP contribution < -0.4 is 10.5 Å². The lowest BCUT2D eigenvalue weighted by atomic mass is 9.90. The van der Waals surface area contributed by atoms with Crippen LogP contribution in [0, 0.1) is 11.7 Å². The van der Waals surface area contributed by atoms with Crippen molar-refractivity contribution < 1.29 is 12.8 Å². The van der Waals surface area contributed by atoms with Gasteiger partial charge in [-0.3, -0.25) is 4.98 Å². The highest BCUT2D eigenvalue weighted by Gasteiger charge is 2.32. The Kier molecular flexibility index (Phi) is 4.41. The number of aromatic nitrogens is 1. The Hall–Kier alpha value is -1.05. The molecule has 3 N–H and O–H groups in total. The first-order valence-electron chi connectivity index (χ1n) is 5.56. The standard InChI is InChI=1S/C11H18FN3O2S/c1-8(2)11(3,7-13)15-18(16,17)10-4-9(12)5-14-6-10/h4-6,8,15H,7,13H2,1-3H3. The maximum atomic E-state index is 13.0. The smallest absolute Gasteiger partial charge is 0.242 e. The van der Waals surface area contributed by atoms with E-state index in [1.165, 1.54) is 0 Å². The first-order valence-corrected chi connectivity index (χ1v) is 7.04. The lowest BCUT2D eigenvalue weighted by Crippen LogP contribution is -2.54. The number of halogens is 1. The molecule has 18 heavy (non-hydrogen) atoms. The van der Waals surface area contributed by atoms with Gasteiger partial charge in [0.25, 0.3) is 0 Å². The minimum atomic E-state index is -3.83. The molecule has 0 aliphatic heterocycles. The fourth-order valence-electron chi connectivity index (χ4n) is 1.30. The average Bonchev–Trinajstić information content (AvgIpc) is 2.28. The Morgan fingerprint density at radius 2 is 2.11 bits per heavy atom. The maximum absolute atomic E-state index is 13.0. The number of nitrogens with one attached hydrogen (secondary N) is 1. The lowest BCUT2D eigenvalue weighted by molar-refractivity contribution is 0.315. The summed E-state index contributed by atoms with van der Waals surface area (Å²) in [7, 11) is -3.83. The predicted octanol–water partition coefficient (Wildman–Crippen LogP) is 0.872. The highest BCUT2D eigenvalue weighted by molar-refractivity contribution is 7.89. The van der Waals surface area contributed by atoms with E-state index in [0.29, 0.717) is 0 Å². The second-order valence-corrected chi connectivity index (χ2v) is 6.40. The largest absolute Gasteiger partial charge is 0.329 e. The molecule has 0 bridgehead atoms. The molecule has 1 rings (SSSR count). The molecule has 5 nitrogen and oxygen atoms in total. The van der Waals surface area contributed by atoms with Gasteiger partial charge in [-0.1, -0.05) is 13.8 Å². The van der Waals surface area contributed by atoms with E-state index >= 15 is 0 Å². The van der Waals surface area contributed by atoms with Crippen molar-refractivity contribution in [1.29, 1.82) is 0 Å². The van der Waals surface area contributed by atoms with Gasteiger partial charge >= 0.3 is 0 Å². The number of pyridine rings is 1. The number of sulfonamides is 1. The molecular formula is C11H18FN3O2S. The van der Waals surface area contributed by atoms with Gasteiger partial charge in [-0.05, 0) is 18.9 Å². The summed E-state index contributed by atoms with van der Waals surface area (Å²) in [6.07, 6.45) is 2.05. The third-order valence-electron chi connectivity index (χ3n) is 3.06. The monoisotopic (exact) mass is 275 g/mol. The van der Waals surface area contributed by atoms with Crippen LogP contribution >= 0.6 is 0 Å². The summed E-state index contributed by atoms with van der Waals surface area (Å²) in [6, 6.07) is 0.923. The van der Waals surface area contributed by atoms with Crippen molar-refractivity contribution in [2.24, 2.45) is 11.7 Å². The van der Waals surface area contributed by atoms with Crippen LogP contribution in [0.3, 0.4) is 0 Å². The molecule has 1 aromatic rings. The summed E-state index contributed by atoms with van der Waals surface area (Å²) < 4.78 is 39.7. The van der Waals surface area contributed by atoms with Gasteiger partial charge in [-0.25, -0.2) is 17.5 Å². The van der Waals surface area contributed by atoms with Crippen LogP contribution in [-0.4, -0.2) is 25.5 Å². The third-order valence-corrected chi connectivity index (χ3v) is 4.63. The van der Waals surface area contributed by atoms with Gasteiger partial charge in [0.2, 0.25) is 10.0 Å². The van der Waals surface area contributed by atoms with Crippen LogP contribution in [0.15, 0.2) is 23.4 Å². The van der Waals surface area contributed by atoms with Crippen LogP contribution in [0.2, 0.25) is 0 Å². The fourth-order valence-corrected chi connectivity index (χ4v) is 2.82. The molecule has 1 aromatic heterocycles. The molecule has 102 valence electrons. The average molecular weight is 275 g/mol. The highest BCUT2D eigenvalue weighted by Crippen LogP contribution is 2.19. The number of hydrogen-bond donors (Lipinski definition) is 2. The van der Waals surface area contributed by atoms with E-state index in [9.17, 15) is 12.8 Å². The summed E-state index contributed by atoms with van der Waals surface area (Å²) in [5.74, 6) is -0.698. The molecule has 0 fully saturated rings. The summed E-state index contributed by atoms with van der Waals surface area (Å²) in [6.45, 7) is 5.58. The van der Waals surface area contributed by atoms with Gasteiger partial charge in [-0.2, -0.15) is 0 Å². The molecule has 0 amide bonds. The SMILES string of the molecule is CC(C)C(C)(CN)NS(=O)(=O)c1cncc(F)c1. The van der Waals surface area contributed by atoms with Crippen LogP contribution in [0.4, 0.5) is 4.39 Å². The first-order chi connectivity index (χ1) is 8.21. The van der Waals surface area contributed by atoms with Crippen molar-refractivity contribution in [3.63, 3.8) is 0 Å². The first kappa shape index (κ1) is 15.0. The highest BCUT2D eigenvalue weighted by atomic mass is 32.2. The third kappa shape index (κ3) is 3.24. The fraction of sp³-hybridized carbons (Fsp3) is 0.545. The zero-order valence-electron chi connectivity index (χ0n) is 10.6. The minimum Gasteiger partial charge on any atom is -0.329 e. The number of nitrogens with two attached hydrogens (primary N) is 1. The Labute approximate surface area is 107 Å². The van der Waals surface area contributed by atoms with Crippen LogP contribution in [0.5, 0.6) is 0 Å². The van der Waals surface area contributed by atoms with E-state index in [1.807, 2.05) is 13.8 Å². The molecule has 0 aliphatic rings. The molecule has 0 saturated carbocycles. The van der Waals surface area contributed by atoms with Gasteiger partial charge in [0, 0.05) is 18.3 Å². The van der Waals surface area contributed by atoms with Gasteiger partial charge in [0.05, 0.1) is 6.20 Å². The van der Waals surface area contributed by atoms with Crippen molar-refractivity contribution >= 4 is 10.0 Å². The summed E-state index contributed by atoms with van der Waals surface area (Å²) in [5.41, 5.74) is 4.82. The topological polar surface area (TPSA) is 85.1 Å². The number of nitrogens with zero attached hydrogens (tertiary/aromatic N) is 1. The van der Waals surface area contributed by atoms with E-state index in [-0.39, 0.29) is 17.4 Å². The summed E-state index contributed by atoms with van der Waals surface area (Å²) in [4.78, 5) is 3.32. The molecule has 1 atom stereocenters. The second-order valence-electron chi connectivity index (χ2n) is 4.72. The van der Waals surface area contributed by atoms with Crippen molar-refractivity contribution in [2.45, 2.75) is 31.2 Å². The van der Waals surface area contributed by atoms with E-state index < -0.39 is 21.4 Å². The molecule has 1 unspecified atom stereocenters. The quantitative estimate of drug-likeness (QED) is 0.835. The molecular weight excluding hydrogens is 257 g/mol. The Morgan fingerprint density at radius 3 is 2.56 bits per heavy atom. The zero-order valence-corrected chi connectivity index (χ0v) is 11.5. The van der Waals surface area contributed by atoms with Gasteiger partial charge < -0.3 is 5.73 Å². The molecule has 7 heteroatoms. The van der Waals surface area contributed by atoms with Crippen LogP contribution in [-0.2, 0) is 10.0 Å². The summed E-state index contributed by atoms with van der Waals surface area (Å²) >= 11 is 0. The van der Waals surface area contributed by atoms with Crippen LogP contribution in [0.25, 0.3) is 0 Å². The summed E-state index contributed by atoms with van der Waals surface area (Å²) in [5, 5.41) is 0. The zero-order chi connectivity index (χ0) is 14.0. The van der Waals surface area contributed by atoms with Gasteiger partial charge in [0.1, 0.15) is 10.7 Å². The van der Waals surface area contributed by atoms with Crippen molar-refractivity contribution in [3.8, 4) is 0 Å². The van der Waals surface area contributed by atoms with Gasteiger partial charge in [0.15, 0.2) is 0 Å². The van der Waals surface area contributed by atoms with E-state index in [4.69, 9.17) is 5.73 Å². The normalized spacial score (nSPS) is 15.7. The molecule has 0 aromatic carbocycles. The van der Waals surface area contributed by atoms with E-state index in [2.05, 4.69) is 9.71 Å². The second kappa shape index (κ2) is 5.29. The number of hydrogen-bond acceptors (Lipinski definition) is 4. The molecule has 0 aliphatic carbocycles. The van der Waals surface area contributed by atoms with E-state index in [0.717, 1.165) is 18.5 Å². The Morgan fingerprint density at radius 1 is 1.50 bits per heavy atom. The van der Waals surface area contributed by atoms with Crippen molar-refractivity contribution in [1.82, 2.24) is 9.71 Å². The minimum absolute atomic E-state index is 0.00112. The maximum Gasteiger partial charge on any atom is 0.242 e. The van der Waals surface area contributed by atoms with Crippen LogP contribution in [0.1, 0.15) is 20.8 Å². The number of rotatable bonds is 5. The molecule has 0 radical (unpaired) electrons.